The van der Waals surface area contributed by atoms with Gasteiger partial charge in [-0.3, -0.25) is 4.90 Å². The molecule has 11 heteroatoms. The number of phenolic OH excluding ortho intramolecular Hbond substituents is 1. The zero-order chi connectivity index (χ0) is 32.4. The highest BCUT2D eigenvalue weighted by molar-refractivity contribution is 5.92. The van der Waals surface area contributed by atoms with Crippen LogP contribution in [0.1, 0.15) is 24.0 Å². The molecular weight excluding hydrogens is 592 g/mol. The second kappa shape index (κ2) is 13.7. The minimum absolute atomic E-state index is 0.182. The molecule has 4 aromatic rings. The summed E-state index contributed by atoms with van der Waals surface area (Å²) in [5.74, 6) is 0.445. The Hall–Kier alpha value is -4.13. The zero-order valence-corrected chi connectivity index (χ0v) is 25.9. The summed E-state index contributed by atoms with van der Waals surface area (Å²) in [5.41, 5.74) is 4.89. The van der Waals surface area contributed by atoms with Crippen molar-refractivity contribution in [3.8, 4) is 28.5 Å². The first kappa shape index (κ1) is 31.8. The van der Waals surface area contributed by atoms with Crippen molar-refractivity contribution in [3.05, 3.63) is 77.9 Å². The highest BCUT2D eigenvalue weighted by atomic mass is 16.7. The lowest BCUT2D eigenvalue weighted by molar-refractivity contribution is -0.271. The topological polar surface area (TPSA) is 143 Å². The molecule has 2 aliphatic heterocycles. The van der Waals surface area contributed by atoms with Crippen LogP contribution >= 0.6 is 0 Å². The lowest BCUT2D eigenvalue weighted by Crippen LogP contribution is -2.61. The van der Waals surface area contributed by atoms with Crippen LogP contribution in [0.3, 0.4) is 0 Å². The van der Waals surface area contributed by atoms with Crippen LogP contribution in [0.25, 0.3) is 22.2 Å². The number of aromatic nitrogens is 1. The van der Waals surface area contributed by atoms with E-state index in [1.807, 2.05) is 37.3 Å². The summed E-state index contributed by atoms with van der Waals surface area (Å²) in [5, 5.41) is 42.1. The maximum Gasteiger partial charge on any atom is 0.337 e. The first-order valence-electron chi connectivity index (χ1n) is 15.5. The van der Waals surface area contributed by atoms with Crippen molar-refractivity contribution in [1.29, 1.82) is 0 Å². The molecule has 46 heavy (non-hydrogen) atoms. The normalized spacial score (nSPS) is 23.5. The molecule has 1 aromatic heterocycles. The van der Waals surface area contributed by atoms with E-state index in [4.69, 9.17) is 14.2 Å². The Morgan fingerprint density at radius 3 is 2.30 bits per heavy atom. The number of methoxy groups -OCH3 is 1. The number of phenols is 1. The summed E-state index contributed by atoms with van der Waals surface area (Å²) in [6, 6.07) is 20.6. The highest BCUT2D eigenvalue weighted by Crippen LogP contribution is 2.37. The molecule has 4 N–H and O–H groups in total. The molecule has 2 aliphatic rings. The van der Waals surface area contributed by atoms with Crippen molar-refractivity contribution in [2.75, 3.05) is 33.4 Å². The standard InChI is InChI=1S/C35H40N2O9/c1-21-27-19-24(38)9-14-28(27)37(20-22-5-10-25(11-6-22)44-18-17-36-15-3-4-16-36)29(21)23-7-12-26(13-8-23)45-35-32(41)30(39)31(40)33(46-35)34(42)43-2/h5-14,19,30-33,35,38-41H,3-4,15-18,20H2,1-2H3/t30-,31-,32+,33-,35+/m0/s1. The number of likely N-dealkylation sites (tertiary alicyclic amines) is 1. The molecule has 244 valence electrons. The van der Waals surface area contributed by atoms with Gasteiger partial charge >= 0.3 is 5.97 Å². The van der Waals surface area contributed by atoms with E-state index < -0.39 is 36.7 Å². The maximum absolute atomic E-state index is 12.0. The maximum atomic E-state index is 12.0. The van der Waals surface area contributed by atoms with E-state index in [1.165, 1.54) is 12.8 Å². The molecule has 2 saturated heterocycles. The summed E-state index contributed by atoms with van der Waals surface area (Å²) < 4.78 is 24.1. The van der Waals surface area contributed by atoms with Crippen LogP contribution in [0.15, 0.2) is 66.7 Å². The number of aliphatic hydroxyl groups is 3. The molecule has 0 aliphatic carbocycles. The predicted molar refractivity (Wildman–Crippen MR) is 170 cm³/mol. The number of aliphatic hydroxyl groups excluding tert-OH is 3. The number of aromatic hydroxyl groups is 1. The third-order valence-electron chi connectivity index (χ3n) is 8.82. The van der Waals surface area contributed by atoms with Gasteiger partial charge in [-0.2, -0.15) is 0 Å². The van der Waals surface area contributed by atoms with Gasteiger partial charge in [-0.25, -0.2) is 4.79 Å². The first-order chi connectivity index (χ1) is 22.2. The number of nitrogens with zero attached hydrogens (tertiary/aromatic N) is 2. The van der Waals surface area contributed by atoms with Crippen molar-refractivity contribution in [2.45, 2.75) is 57.0 Å². The Labute approximate surface area is 267 Å². The van der Waals surface area contributed by atoms with Gasteiger partial charge in [0.1, 0.15) is 42.2 Å². The molecule has 3 heterocycles. The average molecular weight is 633 g/mol. The molecule has 3 aromatic carbocycles. The van der Waals surface area contributed by atoms with E-state index in [-0.39, 0.29) is 5.75 Å². The van der Waals surface area contributed by atoms with Gasteiger partial charge in [0.25, 0.3) is 0 Å². The van der Waals surface area contributed by atoms with E-state index in [9.17, 15) is 25.2 Å². The minimum atomic E-state index is -1.67. The Balaban J connectivity index is 1.22. The van der Waals surface area contributed by atoms with E-state index in [0.29, 0.717) is 18.9 Å². The number of hydrogen-bond acceptors (Lipinski definition) is 10. The number of hydrogen-bond donors (Lipinski definition) is 4. The molecule has 11 nitrogen and oxygen atoms in total. The molecule has 2 fully saturated rings. The summed E-state index contributed by atoms with van der Waals surface area (Å²) in [4.78, 5) is 14.5. The Kier molecular flexibility index (Phi) is 9.48. The number of carbonyl (C=O) groups is 1. The quantitative estimate of drug-likeness (QED) is 0.193. The number of esters is 1. The smallest absolute Gasteiger partial charge is 0.337 e. The van der Waals surface area contributed by atoms with Crippen molar-refractivity contribution in [1.82, 2.24) is 9.47 Å². The van der Waals surface area contributed by atoms with E-state index in [0.717, 1.165) is 65.8 Å². The first-order valence-corrected chi connectivity index (χ1v) is 15.5. The van der Waals surface area contributed by atoms with Crippen LogP contribution in [0.5, 0.6) is 17.2 Å². The van der Waals surface area contributed by atoms with E-state index in [1.54, 1.807) is 24.3 Å². The van der Waals surface area contributed by atoms with Gasteiger partial charge in [0, 0.05) is 24.0 Å². The molecule has 0 amide bonds. The molecular formula is C35H40N2O9. The number of rotatable bonds is 10. The van der Waals surface area contributed by atoms with Crippen LogP contribution in [-0.4, -0.2) is 99.9 Å². The van der Waals surface area contributed by atoms with Gasteiger partial charge in [-0.15, -0.1) is 0 Å². The summed E-state index contributed by atoms with van der Waals surface area (Å²) in [6.45, 7) is 6.48. The Morgan fingerprint density at radius 2 is 1.61 bits per heavy atom. The third-order valence-corrected chi connectivity index (χ3v) is 8.82. The average Bonchev–Trinajstić information content (AvgIpc) is 3.68. The Bertz CT molecular complexity index is 1650. The van der Waals surface area contributed by atoms with Gasteiger partial charge in [-0.05, 0) is 104 Å². The minimum Gasteiger partial charge on any atom is -0.508 e. The third kappa shape index (κ3) is 6.55. The lowest BCUT2D eigenvalue weighted by atomic mass is 9.99. The number of ether oxygens (including phenoxy) is 4. The molecule has 0 bridgehead atoms. The number of carbonyl (C=O) groups excluding carboxylic acids is 1. The van der Waals surface area contributed by atoms with Gasteiger partial charge in [0.05, 0.1) is 12.8 Å². The number of fused-ring (bicyclic) bond motifs is 1. The van der Waals surface area contributed by atoms with Gasteiger partial charge < -0.3 is 43.9 Å². The van der Waals surface area contributed by atoms with Crippen LogP contribution in [-0.2, 0) is 20.8 Å². The van der Waals surface area contributed by atoms with Crippen molar-refractivity contribution < 1.29 is 44.2 Å². The summed E-state index contributed by atoms with van der Waals surface area (Å²) in [6.07, 6.45) is -5.36. The zero-order valence-electron chi connectivity index (χ0n) is 25.9. The fraction of sp³-hybridized carbons (Fsp3) is 0.400. The molecule has 5 atom stereocenters. The molecule has 6 rings (SSSR count). The summed E-state index contributed by atoms with van der Waals surface area (Å²) >= 11 is 0. The second-order valence-corrected chi connectivity index (χ2v) is 11.9. The SMILES string of the molecule is COC(=O)[C@H]1O[C@@H](Oc2ccc(-c3c(C)c4cc(O)ccc4n3Cc3ccc(OCCN4CCCC4)cc3)cc2)[C@H](O)[C@@H](O)[C@@H]1O. The monoisotopic (exact) mass is 632 g/mol. The van der Waals surface area contributed by atoms with Crippen LogP contribution < -0.4 is 9.47 Å². The van der Waals surface area contributed by atoms with Gasteiger partial charge in [0.15, 0.2) is 6.10 Å². The fourth-order valence-corrected chi connectivity index (χ4v) is 6.30. The van der Waals surface area contributed by atoms with Crippen molar-refractivity contribution in [3.63, 3.8) is 0 Å². The molecule has 0 unspecified atom stereocenters. The highest BCUT2D eigenvalue weighted by Gasteiger charge is 2.48. The fourth-order valence-electron chi connectivity index (χ4n) is 6.30. The predicted octanol–water partition coefficient (Wildman–Crippen LogP) is 3.20. The number of benzene rings is 3. The summed E-state index contributed by atoms with van der Waals surface area (Å²) in [7, 11) is 1.13. The van der Waals surface area contributed by atoms with Crippen LogP contribution in [0.4, 0.5) is 0 Å². The van der Waals surface area contributed by atoms with Gasteiger partial charge in [0.2, 0.25) is 6.29 Å². The second-order valence-electron chi connectivity index (χ2n) is 11.9. The largest absolute Gasteiger partial charge is 0.508 e. The van der Waals surface area contributed by atoms with E-state index in [2.05, 4.69) is 26.3 Å². The van der Waals surface area contributed by atoms with Crippen LogP contribution in [0, 0.1) is 6.92 Å². The van der Waals surface area contributed by atoms with Gasteiger partial charge in [-0.1, -0.05) is 12.1 Å². The molecule has 0 spiro atoms. The number of aryl methyl sites for hydroxylation is 1. The van der Waals surface area contributed by atoms with Crippen molar-refractivity contribution >= 4 is 16.9 Å². The van der Waals surface area contributed by atoms with Crippen molar-refractivity contribution in [2.24, 2.45) is 0 Å². The van der Waals surface area contributed by atoms with E-state index >= 15 is 0 Å². The molecule has 0 radical (unpaired) electrons. The van der Waals surface area contributed by atoms with Crippen LogP contribution in [0.2, 0.25) is 0 Å². The molecule has 0 saturated carbocycles. The lowest BCUT2D eigenvalue weighted by Gasteiger charge is -2.38. The Morgan fingerprint density at radius 1 is 0.913 bits per heavy atom.